The average Bonchev–Trinajstić information content (AvgIpc) is 2.15. The van der Waals surface area contributed by atoms with Gasteiger partial charge in [-0.3, -0.25) is 0 Å². The van der Waals surface area contributed by atoms with Crippen LogP contribution in [0.2, 0.25) is 5.02 Å². The normalized spacial score (nSPS) is 18.4. The number of hydrogen-bond donors (Lipinski definition) is 1. The van der Waals surface area contributed by atoms with Crippen LogP contribution in [-0.2, 0) is 5.54 Å². The maximum Gasteiger partial charge on any atom is 0.122 e. The van der Waals surface area contributed by atoms with E-state index in [1.54, 1.807) is 7.11 Å². The molecule has 82 valence electrons. The van der Waals surface area contributed by atoms with Crippen LogP contribution in [0.15, 0.2) is 12.1 Å². The largest absolute Gasteiger partial charge is 0.496 e. The van der Waals surface area contributed by atoms with Gasteiger partial charge in [-0.15, -0.1) is 0 Å². The van der Waals surface area contributed by atoms with Crippen LogP contribution in [-0.4, -0.2) is 7.11 Å². The molecule has 2 nitrogen and oxygen atoms in total. The van der Waals surface area contributed by atoms with Gasteiger partial charge in [0, 0.05) is 10.6 Å². The van der Waals surface area contributed by atoms with Crippen LogP contribution in [0.25, 0.3) is 0 Å². The minimum atomic E-state index is -0.224. The summed E-state index contributed by atoms with van der Waals surface area (Å²) in [6.45, 7) is 1.98. The van der Waals surface area contributed by atoms with E-state index in [1.807, 2.05) is 19.1 Å². The molecule has 1 aliphatic carbocycles. The van der Waals surface area contributed by atoms with Gasteiger partial charge < -0.3 is 10.5 Å². The zero-order chi connectivity index (χ0) is 11.1. The predicted molar refractivity (Wildman–Crippen MR) is 62.5 cm³/mol. The molecule has 0 unspecified atom stereocenters. The lowest BCUT2D eigenvalue weighted by Crippen LogP contribution is -2.43. The molecule has 0 radical (unpaired) electrons. The Morgan fingerprint density at radius 1 is 1.40 bits per heavy atom. The Labute approximate surface area is 95.4 Å². The minimum Gasteiger partial charge on any atom is -0.496 e. The van der Waals surface area contributed by atoms with Gasteiger partial charge in [0.1, 0.15) is 5.75 Å². The maximum atomic E-state index is 6.26. The van der Waals surface area contributed by atoms with Crippen LogP contribution in [0.4, 0.5) is 0 Å². The Kier molecular flexibility index (Phi) is 2.65. The van der Waals surface area contributed by atoms with Crippen LogP contribution in [0.3, 0.4) is 0 Å². The summed E-state index contributed by atoms with van der Waals surface area (Å²) < 4.78 is 5.29. The molecular weight excluding hydrogens is 210 g/mol. The van der Waals surface area contributed by atoms with Crippen molar-refractivity contribution >= 4 is 11.6 Å². The molecule has 2 rings (SSSR count). The number of nitrogens with two attached hydrogens (primary N) is 1. The van der Waals surface area contributed by atoms with E-state index in [2.05, 4.69) is 0 Å². The number of rotatable bonds is 2. The van der Waals surface area contributed by atoms with Crippen molar-refractivity contribution in [2.45, 2.75) is 31.7 Å². The number of methoxy groups -OCH3 is 1. The zero-order valence-corrected chi connectivity index (χ0v) is 9.90. The molecule has 2 N–H and O–H groups in total. The lowest BCUT2D eigenvalue weighted by atomic mass is 9.72. The summed E-state index contributed by atoms with van der Waals surface area (Å²) >= 11 is 6.22. The SMILES string of the molecule is COc1cc(C2(N)CCC2)c(Cl)cc1C. The average molecular weight is 226 g/mol. The van der Waals surface area contributed by atoms with Crippen molar-refractivity contribution in [2.75, 3.05) is 7.11 Å². The smallest absolute Gasteiger partial charge is 0.122 e. The first kappa shape index (κ1) is 10.8. The van der Waals surface area contributed by atoms with E-state index >= 15 is 0 Å². The third-order valence-electron chi connectivity index (χ3n) is 3.27. The van der Waals surface area contributed by atoms with Gasteiger partial charge in [-0.2, -0.15) is 0 Å². The van der Waals surface area contributed by atoms with Crippen molar-refractivity contribution < 1.29 is 4.74 Å². The topological polar surface area (TPSA) is 35.2 Å². The molecule has 1 aromatic rings. The van der Waals surface area contributed by atoms with Crippen molar-refractivity contribution in [3.05, 3.63) is 28.3 Å². The molecule has 0 aliphatic heterocycles. The van der Waals surface area contributed by atoms with Crippen molar-refractivity contribution in [2.24, 2.45) is 5.73 Å². The molecule has 15 heavy (non-hydrogen) atoms. The summed E-state index contributed by atoms with van der Waals surface area (Å²) in [6, 6.07) is 3.92. The molecule has 0 heterocycles. The lowest BCUT2D eigenvalue weighted by molar-refractivity contribution is 0.252. The lowest BCUT2D eigenvalue weighted by Gasteiger charge is -2.39. The van der Waals surface area contributed by atoms with E-state index in [9.17, 15) is 0 Å². The van der Waals surface area contributed by atoms with Gasteiger partial charge in [-0.05, 0) is 49.4 Å². The molecule has 0 bridgehead atoms. The highest BCUT2D eigenvalue weighted by atomic mass is 35.5. The molecule has 0 saturated heterocycles. The molecule has 1 saturated carbocycles. The zero-order valence-electron chi connectivity index (χ0n) is 9.14. The van der Waals surface area contributed by atoms with Crippen LogP contribution in [0, 0.1) is 6.92 Å². The highest BCUT2D eigenvalue weighted by Gasteiger charge is 2.36. The van der Waals surface area contributed by atoms with Crippen molar-refractivity contribution in [3.63, 3.8) is 0 Å². The first-order chi connectivity index (χ1) is 7.07. The molecular formula is C12H16ClNO. The molecule has 1 aromatic carbocycles. The van der Waals surface area contributed by atoms with E-state index in [1.165, 1.54) is 6.42 Å². The molecule has 0 amide bonds. The van der Waals surface area contributed by atoms with Crippen LogP contribution < -0.4 is 10.5 Å². The van der Waals surface area contributed by atoms with Crippen molar-refractivity contribution in [1.82, 2.24) is 0 Å². The van der Waals surface area contributed by atoms with Crippen LogP contribution in [0.5, 0.6) is 5.75 Å². The second kappa shape index (κ2) is 3.69. The van der Waals surface area contributed by atoms with E-state index in [0.717, 1.165) is 34.7 Å². The summed E-state index contributed by atoms with van der Waals surface area (Å²) in [5.41, 5.74) is 8.11. The number of aryl methyl sites for hydroxylation is 1. The maximum absolute atomic E-state index is 6.26. The Hall–Kier alpha value is -0.730. The van der Waals surface area contributed by atoms with Gasteiger partial charge in [-0.1, -0.05) is 11.6 Å². The molecule has 1 aliphatic rings. The number of halogens is 1. The van der Waals surface area contributed by atoms with E-state index < -0.39 is 0 Å². The predicted octanol–water partition coefficient (Wildman–Crippen LogP) is 2.99. The summed E-state index contributed by atoms with van der Waals surface area (Å²) in [5, 5.41) is 0.760. The monoisotopic (exact) mass is 225 g/mol. The molecule has 0 spiro atoms. The molecule has 1 fully saturated rings. The summed E-state index contributed by atoms with van der Waals surface area (Å²) in [7, 11) is 1.67. The van der Waals surface area contributed by atoms with Gasteiger partial charge in [-0.25, -0.2) is 0 Å². The van der Waals surface area contributed by atoms with E-state index in [4.69, 9.17) is 22.1 Å². The highest BCUT2D eigenvalue weighted by molar-refractivity contribution is 6.31. The summed E-state index contributed by atoms with van der Waals surface area (Å²) in [6.07, 6.45) is 3.21. The fraction of sp³-hybridized carbons (Fsp3) is 0.500. The van der Waals surface area contributed by atoms with Gasteiger partial charge in [0.2, 0.25) is 0 Å². The third-order valence-corrected chi connectivity index (χ3v) is 3.58. The summed E-state index contributed by atoms with van der Waals surface area (Å²) in [5.74, 6) is 0.867. The van der Waals surface area contributed by atoms with Gasteiger partial charge >= 0.3 is 0 Å². The molecule has 0 aromatic heterocycles. The van der Waals surface area contributed by atoms with Crippen LogP contribution in [0.1, 0.15) is 30.4 Å². The number of hydrogen-bond acceptors (Lipinski definition) is 2. The van der Waals surface area contributed by atoms with Crippen molar-refractivity contribution in [1.29, 1.82) is 0 Å². The third kappa shape index (κ3) is 1.72. The first-order valence-electron chi connectivity index (χ1n) is 5.20. The second-order valence-electron chi connectivity index (χ2n) is 4.31. The standard InChI is InChI=1S/C12H16ClNO/c1-8-6-10(13)9(7-11(8)15-2)12(14)4-3-5-12/h6-7H,3-5,14H2,1-2H3. The van der Waals surface area contributed by atoms with E-state index in [-0.39, 0.29) is 5.54 Å². The van der Waals surface area contributed by atoms with Crippen LogP contribution >= 0.6 is 11.6 Å². The molecule has 0 atom stereocenters. The van der Waals surface area contributed by atoms with E-state index in [0.29, 0.717) is 0 Å². The Balaban J connectivity index is 2.47. The Morgan fingerprint density at radius 3 is 2.53 bits per heavy atom. The highest BCUT2D eigenvalue weighted by Crippen LogP contribution is 2.43. The first-order valence-corrected chi connectivity index (χ1v) is 5.58. The number of ether oxygens (including phenoxy) is 1. The summed E-state index contributed by atoms with van der Waals surface area (Å²) in [4.78, 5) is 0. The quantitative estimate of drug-likeness (QED) is 0.840. The second-order valence-corrected chi connectivity index (χ2v) is 4.72. The Bertz CT molecular complexity index is 385. The van der Waals surface area contributed by atoms with Gasteiger partial charge in [0.15, 0.2) is 0 Å². The van der Waals surface area contributed by atoms with Crippen molar-refractivity contribution in [3.8, 4) is 5.75 Å². The fourth-order valence-corrected chi connectivity index (χ4v) is 2.49. The fourth-order valence-electron chi connectivity index (χ4n) is 2.08. The van der Waals surface area contributed by atoms with Gasteiger partial charge in [0.05, 0.1) is 7.11 Å². The number of benzene rings is 1. The Morgan fingerprint density at radius 2 is 2.07 bits per heavy atom. The van der Waals surface area contributed by atoms with Gasteiger partial charge in [0.25, 0.3) is 0 Å². The molecule has 3 heteroatoms. The minimum absolute atomic E-state index is 0.224.